The van der Waals surface area contributed by atoms with Crippen LogP contribution in [-0.2, 0) is 23.8 Å². The highest BCUT2D eigenvalue weighted by molar-refractivity contribution is 6.28. The molecule has 2 aliphatic rings. The van der Waals surface area contributed by atoms with Crippen molar-refractivity contribution < 1.29 is 63.0 Å². The number of aromatic hydroxyl groups is 2. The highest BCUT2D eigenvalue weighted by Gasteiger charge is 2.50. The number of nitrogens with one attached hydrogen (secondary N) is 1. The Kier molecular flexibility index (Phi) is 12.1. The molecule has 0 radical (unpaired) electrons. The number of phenols is 2. The second kappa shape index (κ2) is 16.2. The van der Waals surface area contributed by atoms with Gasteiger partial charge in [0.25, 0.3) is 11.7 Å². The third-order valence-electron chi connectivity index (χ3n) is 11.1. The van der Waals surface area contributed by atoms with Crippen LogP contribution in [0.2, 0.25) is 0 Å². The summed E-state index contributed by atoms with van der Waals surface area (Å²) < 4.78 is 29.1. The molecule has 0 saturated heterocycles. The van der Waals surface area contributed by atoms with E-state index >= 15 is 0 Å². The van der Waals surface area contributed by atoms with Gasteiger partial charge in [0.2, 0.25) is 0 Å². The standard InChI is InChI=1S/C42H49NO14/c1-17-12-11-13-18(2)40(51)43-31-26-16-25(23(7)44)41(52)56-38(26)28-29(35(31)49)34(48)22(6)37-30(28)39(50)42(9,57-37)54-15-14-27(53-10)19(3)36(55-24(8)45)21(5)33(47)20(4)32(17)46/h11-17,19-21,27,32-33,36,46-49H,1-10H3,(H,43,51)/b12-11+,15-14+,18-13-. The number of methoxy groups -OCH3 is 1. The zero-order valence-corrected chi connectivity index (χ0v) is 33.5. The minimum Gasteiger partial charge on any atom is -0.507 e. The molecule has 5 rings (SSSR count). The quantitative estimate of drug-likeness (QED) is 0.0740. The number of phenolic OH excluding ortho intramolecular Hbond substituents is 2. The molecular weight excluding hydrogens is 742 g/mol. The smallest absolute Gasteiger partial charge is 0.347 e. The van der Waals surface area contributed by atoms with Crippen LogP contribution in [0.15, 0.2) is 51.4 Å². The summed E-state index contributed by atoms with van der Waals surface area (Å²) >= 11 is 0. The van der Waals surface area contributed by atoms with Gasteiger partial charge in [-0.3, -0.25) is 19.2 Å². The Balaban J connectivity index is 1.77. The third kappa shape index (κ3) is 7.66. The molecule has 2 aromatic carbocycles. The van der Waals surface area contributed by atoms with E-state index < -0.39 is 100 Å². The maximum atomic E-state index is 14.4. The van der Waals surface area contributed by atoms with Gasteiger partial charge in [0, 0.05) is 66.5 Å². The summed E-state index contributed by atoms with van der Waals surface area (Å²) in [5.41, 5.74) is -2.24. The SMILES string of the molecule is COC1/C=C/OC2(C)Oc3c(C)c(O)c4c(O)c(c5cc(C(C)=O)c(=O)oc5c4c3C2=O)NC(=O)/C(C)=C\C=C\C(C)C(O)C(C)C(O)C(C)C(OC(C)=O)C1C. The molecule has 5 N–H and O–H groups in total. The number of aliphatic hydroxyl groups excluding tert-OH is 2. The van der Waals surface area contributed by atoms with Crippen LogP contribution in [0.4, 0.5) is 5.69 Å². The van der Waals surface area contributed by atoms with Crippen LogP contribution in [0.3, 0.4) is 0 Å². The Labute approximate surface area is 328 Å². The molecule has 0 aliphatic carbocycles. The third-order valence-corrected chi connectivity index (χ3v) is 11.1. The van der Waals surface area contributed by atoms with Crippen molar-refractivity contribution >= 4 is 50.9 Å². The Morgan fingerprint density at radius 3 is 2.19 bits per heavy atom. The number of hydrogen-bond donors (Lipinski definition) is 5. The largest absolute Gasteiger partial charge is 0.507 e. The van der Waals surface area contributed by atoms with E-state index in [1.54, 1.807) is 33.8 Å². The number of ether oxygens (including phenoxy) is 4. The maximum absolute atomic E-state index is 14.4. The van der Waals surface area contributed by atoms with E-state index in [1.165, 1.54) is 53.0 Å². The number of hydrogen-bond acceptors (Lipinski definition) is 14. The molecule has 9 atom stereocenters. The first-order chi connectivity index (χ1) is 26.7. The van der Waals surface area contributed by atoms with Crippen molar-refractivity contribution in [3.05, 3.63) is 69.3 Å². The Morgan fingerprint density at radius 2 is 1.58 bits per heavy atom. The monoisotopic (exact) mass is 791 g/mol. The average Bonchev–Trinajstić information content (AvgIpc) is 3.42. The topological polar surface area (TPSA) is 228 Å². The van der Waals surface area contributed by atoms with Crippen molar-refractivity contribution in [2.75, 3.05) is 12.4 Å². The molecule has 1 amide bonds. The number of rotatable bonds is 3. The number of amides is 1. The van der Waals surface area contributed by atoms with Gasteiger partial charge in [-0.05, 0) is 32.9 Å². The first-order valence-electron chi connectivity index (χ1n) is 18.5. The van der Waals surface area contributed by atoms with E-state index in [4.69, 9.17) is 23.4 Å². The van der Waals surface area contributed by atoms with E-state index in [0.29, 0.717) is 0 Å². The predicted octanol–water partition coefficient (Wildman–Crippen LogP) is 5.36. The second-order valence-corrected chi connectivity index (χ2v) is 15.1. The fourth-order valence-corrected chi connectivity index (χ4v) is 7.57. The number of ketones is 2. The summed E-state index contributed by atoms with van der Waals surface area (Å²) in [7, 11) is 1.41. The van der Waals surface area contributed by atoms with Crippen LogP contribution in [0.5, 0.6) is 17.2 Å². The zero-order valence-electron chi connectivity index (χ0n) is 33.5. The highest BCUT2D eigenvalue weighted by Crippen LogP contribution is 2.54. The van der Waals surface area contributed by atoms with Crippen LogP contribution < -0.4 is 15.7 Å². The summed E-state index contributed by atoms with van der Waals surface area (Å²) in [4.78, 5) is 66.0. The van der Waals surface area contributed by atoms with Gasteiger partial charge in [-0.25, -0.2) is 4.79 Å². The zero-order chi connectivity index (χ0) is 42.4. The molecule has 0 saturated carbocycles. The first kappa shape index (κ1) is 42.6. The number of carbonyl (C=O) groups is 4. The maximum Gasteiger partial charge on any atom is 0.347 e. The molecule has 3 aromatic rings. The van der Waals surface area contributed by atoms with Crippen molar-refractivity contribution in [3.8, 4) is 17.2 Å². The van der Waals surface area contributed by atoms with E-state index in [0.717, 1.165) is 19.3 Å². The molecule has 4 bridgehead atoms. The van der Waals surface area contributed by atoms with Crippen molar-refractivity contribution in [2.45, 2.75) is 92.5 Å². The fourth-order valence-electron chi connectivity index (χ4n) is 7.57. The van der Waals surface area contributed by atoms with Gasteiger partial charge in [-0.2, -0.15) is 0 Å². The Hall–Kier alpha value is -5.51. The number of benzene rings is 2. The van der Waals surface area contributed by atoms with Gasteiger partial charge < -0.3 is 49.1 Å². The number of esters is 1. The number of aliphatic hydroxyl groups is 2. The molecule has 2 aliphatic heterocycles. The molecule has 15 heteroatoms. The number of carbonyl (C=O) groups excluding carboxylic acids is 4. The minimum absolute atomic E-state index is 0.00853. The fraction of sp³-hybridized carbons (Fsp3) is 0.452. The summed E-state index contributed by atoms with van der Waals surface area (Å²) in [5, 5.41) is 48.0. The lowest BCUT2D eigenvalue weighted by molar-refractivity contribution is -0.160. The van der Waals surface area contributed by atoms with Crippen LogP contribution in [-0.4, -0.2) is 81.2 Å². The number of anilines is 1. The summed E-state index contributed by atoms with van der Waals surface area (Å²) in [5.74, 6) is -8.90. The van der Waals surface area contributed by atoms with Crippen LogP contribution >= 0.6 is 0 Å². The van der Waals surface area contributed by atoms with Crippen LogP contribution in [0.1, 0.15) is 81.7 Å². The first-order valence-corrected chi connectivity index (χ1v) is 18.5. The lowest BCUT2D eigenvalue weighted by Crippen LogP contribution is -2.46. The Bertz CT molecular complexity index is 2300. The second-order valence-electron chi connectivity index (χ2n) is 15.1. The minimum atomic E-state index is -2.09. The van der Waals surface area contributed by atoms with Gasteiger partial charge in [-0.1, -0.05) is 45.9 Å². The molecule has 1 aromatic heterocycles. The van der Waals surface area contributed by atoms with Crippen LogP contribution in [0.25, 0.3) is 21.7 Å². The Morgan fingerprint density at radius 1 is 0.912 bits per heavy atom. The lowest BCUT2D eigenvalue weighted by atomic mass is 9.78. The average molecular weight is 792 g/mol. The summed E-state index contributed by atoms with van der Waals surface area (Å²) in [6.45, 7) is 13.4. The van der Waals surface area contributed by atoms with Gasteiger partial charge >= 0.3 is 17.4 Å². The molecule has 57 heavy (non-hydrogen) atoms. The van der Waals surface area contributed by atoms with E-state index in [-0.39, 0.29) is 49.9 Å². The number of fused-ring (bicyclic) bond motifs is 1. The summed E-state index contributed by atoms with van der Waals surface area (Å²) in [6.07, 6.45) is 3.27. The normalized spacial score (nSPS) is 30.6. The van der Waals surface area contributed by atoms with E-state index in [9.17, 15) is 44.4 Å². The molecule has 0 spiro atoms. The van der Waals surface area contributed by atoms with E-state index in [2.05, 4.69) is 5.32 Å². The molecule has 9 unspecified atom stereocenters. The highest BCUT2D eigenvalue weighted by atomic mass is 16.7. The summed E-state index contributed by atoms with van der Waals surface area (Å²) in [6, 6.07) is 1.12. The molecule has 306 valence electrons. The number of allylic oxidation sites excluding steroid dienone is 2. The van der Waals surface area contributed by atoms with Crippen molar-refractivity contribution in [2.24, 2.45) is 23.7 Å². The molecule has 15 nitrogen and oxygen atoms in total. The predicted molar refractivity (Wildman–Crippen MR) is 208 cm³/mol. The van der Waals surface area contributed by atoms with Crippen molar-refractivity contribution in [3.63, 3.8) is 0 Å². The van der Waals surface area contributed by atoms with Gasteiger partial charge in [0.05, 0.1) is 41.2 Å². The number of Topliss-reactive ketones (excluding diaryl/α,β-unsaturated/α-hetero) is 2. The molecular formula is C42H49NO14. The molecule has 3 heterocycles. The van der Waals surface area contributed by atoms with Gasteiger partial charge in [0.15, 0.2) is 11.5 Å². The van der Waals surface area contributed by atoms with Crippen molar-refractivity contribution in [1.82, 2.24) is 0 Å². The van der Waals surface area contributed by atoms with E-state index in [1.807, 2.05) is 0 Å². The molecule has 0 fully saturated rings. The lowest BCUT2D eigenvalue weighted by Gasteiger charge is -2.38. The van der Waals surface area contributed by atoms with Crippen LogP contribution in [0, 0.1) is 30.6 Å². The van der Waals surface area contributed by atoms with Crippen molar-refractivity contribution in [1.29, 1.82) is 0 Å². The van der Waals surface area contributed by atoms with Gasteiger partial charge in [-0.15, -0.1) is 0 Å². The van der Waals surface area contributed by atoms with Gasteiger partial charge in [0.1, 0.15) is 28.7 Å².